The van der Waals surface area contributed by atoms with Crippen LogP contribution in [0, 0.1) is 5.82 Å². The number of aliphatic hydroxyl groups excluding tert-OH is 1. The van der Waals surface area contributed by atoms with Crippen LogP contribution in [-0.2, 0) is 11.3 Å². The van der Waals surface area contributed by atoms with Gasteiger partial charge in [0.1, 0.15) is 18.2 Å². The highest BCUT2D eigenvalue weighted by Gasteiger charge is 2.23. The summed E-state index contributed by atoms with van der Waals surface area (Å²) in [7, 11) is 0. The Morgan fingerprint density at radius 2 is 1.96 bits per heavy atom. The number of carbonyl (C=O) groups excluding carboxylic acids is 1. The molecular formula is C21H24FN3O2. The van der Waals surface area contributed by atoms with Crippen molar-refractivity contribution in [1.82, 2.24) is 14.9 Å². The molecule has 2 aliphatic heterocycles. The monoisotopic (exact) mass is 369 g/mol. The maximum Gasteiger partial charge on any atom is 0.240 e. The number of hydrogen-bond donors (Lipinski definition) is 2. The molecule has 27 heavy (non-hydrogen) atoms. The van der Waals surface area contributed by atoms with Crippen LogP contribution in [0.2, 0.25) is 0 Å². The molecule has 0 bridgehead atoms. The summed E-state index contributed by atoms with van der Waals surface area (Å²) in [5, 5.41) is 12.5. The number of carbonyl (C=O) groups is 1. The lowest BCUT2D eigenvalue weighted by atomic mass is 9.97. The van der Waals surface area contributed by atoms with Crippen molar-refractivity contribution in [3.8, 4) is 22.6 Å². The number of benzene rings is 1. The van der Waals surface area contributed by atoms with E-state index in [9.17, 15) is 14.3 Å². The highest BCUT2D eigenvalue weighted by Crippen LogP contribution is 2.28. The molecule has 0 fully saturated rings. The number of nitrogens with zero attached hydrogens (tertiary/aromatic N) is 2. The van der Waals surface area contributed by atoms with E-state index in [0.29, 0.717) is 12.2 Å². The summed E-state index contributed by atoms with van der Waals surface area (Å²) in [6.07, 6.45) is 1.79. The van der Waals surface area contributed by atoms with Gasteiger partial charge in [-0.1, -0.05) is 0 Å². The number of nitrogens with one attached hydrogen (secondary N) is 1. The van der Waals surface area contributed by atoms with Crippen LogP contribution in [0.4, 0.5) is 4.39 Å². The van der Waals surface area contributed by atoms with Gasteiger partial charge in [0, 0.05) is 22.9 Å². The van der Waals surface area contributed by atoms with Gasteiger partial charge in [0.25, 0.3) is 0 Å². The van der Waals surface area contributed by atoms with Gasteiger partial charge in [-0.15, -0.1) is 0 Å². The Morgan fingerprint density at radius 3 is 2.63 bits per heavy atom. The number of halogens is 1. The Labute approximate surface area is 158 Å². The molecule has 0 spiro atoms. The minimum Gasteiger partial charge on any atom is -0.393 e. The zero-order valence-corrected chi connectivity index (χ0v) is 15.7. The lowest BCUT2D eigenvalue weighted by Gasteiger charge is -2.28. The Balaban J connectivity index is 1.81. The summed E-state index contributed by atoms with van der Waals surface area (Å²) in [6.45, 7) is 5.60. The molecule has 1 aromatic rings. The van der Waals surface area contributed by atoms with Crippen LogP contribution in [0.5, 0.6) is 0 Å². The SMILES string of the molecule is CC(O)CC(C)(C)NC(=O)Cn1cccc2cc(-c3ccc(F)cc3)nc1-2. The average molecular weight is 369 g/mol. The average Bonchev–Trinajstić information content (AvgIpc) is 2.98. The number of amides is 1. The molecule has 1 atom stereocenters. The Morgan fingerprint density at radius 1 is 1.26 bits per heavy atom. The molecule has 5 nitrogen and oxygen atoms in total. The lowest BCUT2D eigenvalue weighted by molar-refractivity contribution is -0.123. The van der Waals surface area contributed by atoms with Gasteiger partial charge in [-0.25, -0.2) is 9.37 Å². The van der Waals surface area contributed by atoms with Gasteiger partial charge in [-0.05, 0) is 69.7 Å². The van der Waals surface area contributed by atoms with Crippen molar-refractivity contribution in [2.75, 3.05) is 0 Å². The molecule has 0 saturated heterocycles. The first-order valence-electron chi connectivity index (χ1n) is 8.94. The molecule has 1 unspecified atom stereocenters. The summed E-state index contributed by atoms with van der Waals surface area (Å²) >= 11 is 0. The smallest absolute Gasteiger partial charge is 0.240 e. The molecule has 0 saturated carbocycles. The van der Waals surface area contributed by atoms with Crippen molar-refractivity contribution in [1.29, 1.82) is 0 Å². The summed E-state index contributed by atoms with van der Waals surface area (Å²) in [5.74, 6) is 0.256. The molecule has 0 aliphatic carbocycles. The zero-order valence-electron chi connectivity index (χ0n) is 15.7. The molecule has 3 rings (SSSR count). The fourth-order valence-electron chi connectivity index (χ4n) is 3.35. The quantitative estimate of drug-likeness (QED) is 0.699. The largest absolute Gasteiger partial charge is 0.393 e. The van der Waals surface area contributed by atoms with Gasteiger partial charge in [-0.2, -0.15) is 0 Å². The van der Waals surface area contributed by atoms with E-state index >= 15 is 0 Å². The summed E-state index contributed by atoms with van der Waals surface area (Å²) in [5.41, 5.74) is 1.97. The number of aromatic nitrogens is 2. The molecular weight excluding hydrogens is 345 g/mol. The lowest BCUT2D eigenvalue weighted by Crippen LogP contribution is -2.46. The normalized spacial score (nSPS) is 12.9. The molecule has 1 aromatic carbocycles. The minimum absolute atomic E-state index is 0.125. The highest BCUT2D eigenvalue weighted by atomic mass is 19.1. The number of pyridine rings is 1. The van der Waals surface area contributed by atoms with Gasteiger partial charge in [0.2, 0.25) is 5.91 Å². The van der Waals surface area contributed by atoms with E-state index < -0.39 is 11.6 Å². The van der Waals surface area contributed by atoms with E-state index in [1.165, 1.54) is 12.1 Å². The Kier molecular flexibility index (Phi) is 5.28. The first-order valence-corrected chi connectivity index (χ1v) is 8.94. The van der Waals surface area contributed by atoms with Crippen LogP contribution in [0.3, 0.4) is 0 Å². The van der Waals surface area contributed by atoms with Gasteiger partial charge < -0.3 is 15.0 Å². The second-order valence-electron chi connectivity index (χ2n) is 7.55. The topological polar surface area (TPSA) is 67.2 Å². The third-order valence-corrected chi connectivity index (χ3v) is 4.33. The van der Waals surface area contributed by atoms with Crippen LogP contribution in [-0.4, -0.2) is 32.2 Å². The van der Waals surface area contributed by atoms with Gasteiger partial charge in [0.05, 0.1) is 11.8 Å². The molecule has 142 valence electrons. The van der Waals surface area contributed by atoms with E-state index in [-0.39, 0.29) is 18.3 Å². The zero-order chi connectivity index (χ0) is 19.6. The molecule has 1 amide bonds. The maximum atomic E-state index is 13.1. The number of hydrogen-bond acceptors (Lipinski definition) is 3. The number of rotatable bonds is 6. The third-order valence-electron chi connectivity index (χ3n) is 4.33. The molecule has 0 aromatic heterocycles. The fourth-order valence-corrected chi connectivity index (χ4v) is 3.35. The second-order valence-corrected chi connectivity index (χ2v) is 7.55. The summed E-state index contributed by atoms with van der Waals surface area (Å²) in [4.78, 5) is 17.1. The number of aliphatic hydroxyl groups is 1. The van der Waals surface area contributed by atoms with E-state index in [2.05, 4.69) is 10.3 Å². The molecule has 6 heteroatoms. The predicted octanol–water partition coefficient (Wildman–Crippen LogP) is 3.46. The van der Waals surface area contributed by atoms with Crippen molar-refractivity contribution in [2.24, 2.45) is 0 Å². The van der Waals surface area contributed by atoms with Crippen LogP contribution >= 0.6 is 0 Å². The van der Waals surface area contributed by atoms with Crippen LogP contribution in [0.15, 0.2) is 48.7 Å². The van der Waals surface area contributed by atoms with Crippen molar-refractivity contribution in [3.63, 3.8) is 0 Å². The minimum atomic E-state index is -0.502. The third kappa shape index (κ3) is 4.71. The van der Waals surface area contributed by atoms with Crippen molar-refractivity contribution in [3.05, 3.63) is 54.5 Å². The van der Waals surface area contributed by atoms with E-state index in [1.807, 2.05) is 38.2 Å². The van der Waals surface area contributed by atoms with Crippen molar-refractivity contribution < 1.29 is 14.3 Å². The van der Waals surface area contributed by atoms with Crippen LogP contribution in [0.1, 0.15) is 27.2 Å². The Hall–Kier alpha value is -2.73. The predicted molar refractivity (Wildman–Crippen MR) is 103 cm³/mol. The molecule has 2 N–H and O–H groups in total. The Bertz CT molecular complexity index is 900. The van der Waals surface area contributed by atoms with Crippen molar-refractivity contribution >= 4 is 5.91 Å². The standard InChI is InChI=1S/C21H24FN3O2/c1-14(26)12-21(2,3)24-19(27)13-25-10-4-5-16-11-18(23-20(16)25)15-6-8-17(22)9-7-15/h4-11,14,26H,12-13H2,1-3H3,(H,24,27). The maximum absolute atomic E-state index is 13.1. The van der Waals surface area contributed by atoms with Gasteiger partial charge >= 0.3 is 0 Å². The summed E-state index contributed by atoms with van der Waals surface area (Å²) < 4.78 is 14.9. The van der Waals surface area contributed by atoms with Crippen LogP contribution < -0.4 is 5.32 Å². The first kappa shape index (κ1) is 19.0. The van der Waals surface area contributed by atoms with Crippen LogP contribution in [0.25, 0.3) is 22.6 Å². The van der Waals surface area contributed by atoms with Crippen molar-refractivity contribution in [2.45, 2.75) is 45.4 Å². The first-order chi connectivity index (χ1) is 12.7. The van der Waals surface area contributed by atoms with E-state index in [0.717, 1.165) is 16.8 Å². The van der Waals surface area contributed by atoms with E-state index in [4.69, 9.17) is 0 Å². The number of fused-ring (bicyclic) bond motifs is 1. The molecule has 0 radical (unpaired) electrons. The van der Waals surface area contributed by atoms with E-state index in [1.54, 1.807) is 23.6 Å². The second kappa shape index (κ2) is 7.48. The molecule has 2 aliphatic rings. The fraction of sp³-hybridized carbons (Fsp3) is 0.333. The summed E-state index contributed by atoms with van der Waals surface area (Å²) in [6, 6.07) is 11.9. The van der Waals surface area contributed by atoms with Gasteiger partial charge in [-0.3, -0.25) is 4.79 Å². The molecule has 2 heterocycles. The van der Waals surface area contributed by atoms with Gasteiger partial charge in [0.15, 0.2) is 0 Å². The highest BCUT2D eigenvalue weighted by molar-refractivity contribution is 5.78.